The topological polar surface area (TPSA) is 68.2 Å². The summed E-state index contributed by atoms with van der Waals surface area (Å²) in [4.78, 5) is 25.6. The van der Waals surface area contributed by atoms with Gasteiger partial charge in [-0.2, -0.15) is 10.1 Å². The summed E-state index contributed by atoms with van der Waals surface area (Å²) in [6.45, 7) is 0.208. The molecule has 126 valence electrons. The maximum absolute atomic E-state index is 12.8. The number of benzene rings is 1. The average Bonchev–Trinajstić information content (AvgIpc) is 2.90. The maximum Gasteiger partial charge on any atom is 0.254 e. The molecule has 5 aliphatic rings. The van der Waals surface area contributed by atoms with Crippen molar-refractivity contribution in [2.45, 2.75) is 12.8 Å². The predicted octanol–water partition coefficient (Wildman–Crippen LogP) is 1.95. The third kappa shape index (κ3) is 1.57. The second kappa shape index (κ2) is 4.31. The Morgan fingerprint density at radius 2 is 1.72 bits per heavy atom. The van der Waals surface area contributed by atoms with Crippen LogP contribution in [0.25, 0.3) is 0 Å². The van der Waals surface area contributed by atoms with Gasteiger partial charge < -0.3 is 9.47 Å². The SMILES string of the molecule is O=C1[C@H]2[C@H](C(=O)N1N=Cc1ccc3c(c1)OCO3)[C@H]1C=C[C@H]2C12CC2. The first-order valence-electron chi connectivity index (χ1n) is 8.69. The molecule has 1 saturated heterocycles. The number of hydrazone groups is 1. The number of imide groups is 1. The number of nitrogens with zero attached hydrogens (tertiary/aromatic N) is 2. The van der Waals surface area contributed by atoms with Gasteiger partial charge in [0.1, 0.15) is 0 Å². The Kier molecular flexibility index (Phi) is 2.35. The highest BCUT2D eigenvalue weighted by molar-refractivity contribution is 6.07. The number of fused-ring (bicyclic) bond motifs is 4. The minimum atomic E-state index is -0.209. The fourth-order valence-electron chi connectivity index (χ4n) is 5.29. The van der Waals surface area contributed by atoms with Crippen molar-refractivity contribution < 1.29 is 19.1 Å². The van der Waals surface area contributed by atoms with Gasteiger partial charge in [-0.1, -0.05) is 12.2 Å². The van der Waals surface area contributed by atoms with Crippen molar-refractivity contribution in [3.8, 4) is 11.5 Å². The molecule has 0 N–H and O–H groups in total. The van der Waals surface area contributed by atoms with Crippen LogP contribution in [-0.2, 0) is 9.59 Å². The maximum atomic E-state index is 12.8. The highest BCUT2D eigenvalue weighted by atomic mass is 16.7. The first-order chi connectivity index (χ1) is 12.2. The van der Waals surface area contributed by atoms with E-state index in [0.29, 0.717) is 11.5 Å². The molecule has 2 bridgehead atoms. The molecule has 4 atom stereocenters. The van der Waals surface area contributed by atoms with E-state index in [1.165, 1.54) is 0 Å². The van der Waals surface area contributed by atoms with Gasteiger partial charge in [-0.25, -0.2) is 0 Å². The lowest BCUT2D eigenvalue weighted by atomic mass is 9.85. The van der Waals surface area contributed by atoms with E-state index in [2.05, 4.69) is 17.3 Å². The van der Waals surface area contributed by atoms with Gasteiger partial charge in [0, 0.05) is 0 Å². The smallest absolute Gasteiger partial charge is 0.254 e. The molecule has 2 heterocycles. The molecule has 3 aliphatic carbocycles. The third-order valence-corrected chi connectivity index (χ3v) is 6.55. The number of ether oxygens (including phenoxy) is 2. The van der Waals surface area contributed by atoms with Crippen LogP contribution in [0.5, 0.6) is 11.5 Å². The van der Waals surface area contributed by atoms with Crippen molar-refractivity contribution in [1.82, 2.24) is 5.01 Å². The Balaban J connectivity index is 1.29. The first kappa shape index (κ1) is 13.6. The average molecular weight is 336 g/mol. The Labute approximate surface area is 144 Å². The van der Waals surface area contributed by atoms with Crippen molar-refractivity contribution in [3.63, 3.8) is 0 Å². The van der Waals surface area contributed by atoms with Crippen molar-refractivity contribution in [2.75, 3.05) is 6.79 Å². The fraction of sp³-hybridized carbons (Fsp3) is 0.421. The molecule has 2 saturated carbocycles. The molecule has 1 aromatic carbocycles. The number of rotatable bonds is 2. The molecular formula is C19H16N2O4. The van der Waals surface area contributed by atoms with Crippen LogP contribution in [0.2, 0.25) is 0 Å². The van der Waals surface area contributed by atoms with E-state index in [1.54, 1.807) is 18.3 Å². The Morgan fingerprint density at radius 3 is 2.40 bits per heavy atom. The summed E-state index contributed by atoms with van der Waals surface area (Å²) in [6.07, 6.45) is 8.15. The minimum absolute atomic E-state index is 0.143. The van der Waals surface area contributed by atoms with E-state index in [0.717, 1.165) is 23.4 Å². The number of carbonyl (C=O) groups is 2. The van der Waals surface area contributed by atoms with Crippen LogP contribution >= 0.6 is 0 Å². The summed E-state index contributed by atoms with van der Waals surface area (Å²) in [5.41, 5.74) is 0.981. The van der Waals surface area contributed by atoms with Crippen LogP contribution in [0.3, 0.4) is 0 Å². The molecule has 0 radical (unpaired) electrons. The molecular weight excluding hydrogens is 320 g/mol. The normalized spacial score (nSPS) is 35.4. The van der Waals surface area contributed by atoms with E-state index >= 15 is 0 Å². The summed E-state index contributed by atoms with van der Waals surface area (Å²) in [6, 6.07) is 5.42. The third-order valence-electron chi connectivity index (χ3n) is 6.55. The summed E-state index contributed by atoms with van der Waals surface area (Å²) >= 11 is 0. The number of carbonyl (C=O) groups excluding carboxylic acids is 2. The Hall–Kier alpha value is -2.63. The number of amides is 2. The van der Waals surface area contributed by atoms with E-state index in [4.69, 9.17) is 9.47 Å². The highest BCUT2D eigenvalue weighted by Crippen LogP contribution is 2.73. The zero-order valence-electron chi connectivity index (χ0n) is 13.4. The van der Waals surface area contributed by atoms with Gasteiger partial charge in [0.2, 0.25) is 6.79 Å². The largest absolute Gasteiger partial charge is 0.454 e. The van der Waals surface area contributed by atoms with Gasteiger partial charge >= 0.3 is 0 Å². The van der Waals surface area contributed by atoms with E-state index in [1.807, 2.05) is 6.07 Å². The Bertz CT molecular complexity index is 851. The summed E-state index contributed by atoms with van der Waals surface area (Å²) in [7, 11) is 0. The Morgan fingerprint density at radius 1 is 1.04 bits per heavy atom. The van der Waals surface area contributed by atoms with Crippen molar-refractivity contribution in [1.29, 1.82) is 0 Å². The van der Waals surface area contributed by atoms with Crippen molar-refractivity contribution in [2.24, 2.45) is 34.2 Å². The quantitative estimate of drug-likeness (QED) is 0.470. The van der Waals surface area contributed by atoms with E-state index in [9.17, 15) is 9.59 Å². The highest BCUT2D eigenvalue weighted by Gasteiger charge is 2.73. The van der Waals surface area contributed by atoms with Crippen LogP contribution in [-0.4, -0.2) is 29.8 Å². The minimum Gasteiger partial charge on any atom is -0.454 e. The van der Waals surface area contributed by atoms with Gasteiger partial charge in [0.05, 0.1) is 18.1 Å². The fourth-order valence-corrected chi connectivity index (χ4v) is 5.29. The molecule has 3 fully saturated rings. The molecule has 6 heteroatoms. The molecule has 1 spiro atoms. The molecule has 1 aromatic rings. The summed E-state index contributed by atoms with van der Waals surface area (Å²) in [5.74, 6) is 1.09. The van der Waals surface area contributed by atoms with Crippen molar-refractivity contribution in [3.05, 3.63) is 35.9 Å². The monoisotopic (exact) mass is 336 g/mol. The molecule has 6 nitrogen and oxygen atoms in total. The van der Waals surface area contributed by atoms with Crippen molar-refractivity contribution >= 4 is 18.0 Å². The molecule has 6 rings (SSSR count). The van der Waals surface area contributed by atoms with Gasteiger partial charge in [0.25, 0.3) is 11.8 Å². The lowest BCUT2D eigenvalue weighted by molar-refractivity contribution is -0.141. The van der Waals surface area contributed by atoms with Crippen LogP contribution in [0.1, 0.15) is 18.4 Å². The number of allylic oxidation sites excluding steroid dienone is 2. The molecule has 2 aliphatic heterocycles. The van der Waals surface area contributed by atoms with Gasteiger partial charge in [-0.15, -0.1) is 0 Å². The molecule has 0 unspecified atom stereocenters. The second-order valence-electron chi connectivity index (χ2n) is 7.57. The van der Waals surface area contributed by atoms with E-state index < -0.39 is 0 Å². The number of hydrogen-bond acceptors (Lipinski definition) is 5. The van der Waals surface area contributed by atoms with Crippen LogP contribution < -0.4 is 9.47 Å². The lowest BCUT2D eigenvalue weighted by Crippen LogP contribution is -2.30. The zero-order valence-corrected chi connectivity index (χ0v) is 13.4. The van der Waals surface area contributed by atoms with Gasteiger partial charge in [-0.3, -0.25) is 9.59 Å². The first-order valence-corrected chi connectivity index (χ1v) is 8.69. The molecule has 2 amide bonds. The summed E-state index contributed by atoms with van der Waals surface area (Å²) in [5, 5.41) is 5.30. The number of hydrogen-bond donors (Lipinski definition) is 0. The lowest BCUT2D eigenvalue weighted by Gasteiger charge is -2.18. The van der Waals surface area contributed by atoms with E-state index in [-0.39, 0.29) is 47.7 Å². The van der Waals surface area contributed by atoms with Gasteiger partial charge in [-0.05, 0) is 53.9 Å². The standard InChI is InChI=1S/C19H16N2O4/c22-17-15-11-2-3-12(19(11)5-6-19)16(15)18(23)21(17)20-8-10-1-4-13-14(7-10)25-9-24-13/h1-4,7-8,11-12,15-16H,5-6,9H2/t11-,12-,15-,16-/m1/s1. The van der Waals surface area contributed by atoms with Crippen LogP contribution in [0, 0.1) is 29.1 Å². The van der Waals surface area contributed by atoms with Gasteiger partial charge in [0.15, 0.2) is 11.5 Å². The molecule has 0 aromatic heterocycles. The molecule has 25 heavy (non-hydrogen) atoms. The summed E-state index contributed by atoms with van der Waals surface area (Å²) < 4.78 is 10.6. The second-order valence-corrected chi connectivity index (χ2v) is 7.57. The predicted molar refractivity (Wildman–Crippen MR) is 86.8 cm³/mol. The zero-order chi connectivity index (χ0) is 16.8. The van der Waals surface area contributed by atoms with Crippen LogP contribution in [0.15, 0.2) is 35.5 Å². The van der Waals surface area contributed by atoms with Crippen LogP contribution in [0.4, 0.5) is 0 Å².